The van der Waals surface area contributed by atoms with E-state index >= 15 is 0 Å². The van der Waals surface area contributed by atoms with Crippen LogP contribution in [0.2, 0.25) is 0 Å². The molecule has 4 rings (SSSR count). The molecule has 2 fully saturated rings. The van der Waals surface area contributed by atoms with Gasteiger partial charge in [-0.1, -0.05) is 43.5 Å². The van der Waals surface area contributed by atoms with E-state index in [9.17, 15) is 9.90 Å². The first-order chi connectivity index (χ1) is 13.2. The third-order valence-electron chi connectivity index (χ3n) is 6.29. The van der Waals surface area contributed by atoms with Crippen LogP contribution in [-0.4, -0.2) is 29.1 Å². The zero-order chi connectivity index (χ0) is 18.7. The largest absolute Gasteiger partial charge is 0.395 e. The van der Waals surface area contributed by atoms with Gasteiger partial charge in [0.25, 0.3) is 0 Å². The molecule has 0 bridgehead atoms. The van der Waals surface area contributed by atoms with Crippen LogP contribution in [0.4, 0.5) is 0 Å². The zero-order valence-electron chi connectivity index (χ0n) is 15.7. The standard InChI is InChI=1S/C23H28N2O2/c26-16-23(22(27)25-15-18-5-2-1-3-6-18)14-20(23)10-8-17-9-11-21-19(13-17)7-4-12-24-21/h4,7-13,18,20,26H,1-3,5-6,14-16H2,(H,25,27)/b10-8+/t20-,23+/m1/s1. The van der Waals surface area contributed by atoms with Crippen molar-refractivity contribution in [3.05, 3.63) is 48.2 Å². The molecule has 27 heavy (non-hydrogen) atoms. The predicted molar refractivity (Wildman–Crippen MR) is 108 cm³/mol. The number of carbonyl (C=O) groups is 1. The number of benzene rings is 1. The summed E-state index contributed by atoms with van der Waals surface area (Å²) in [7, 11) is 0. The van der Waals surface area contributed by atoms with Gasteiger partial charge in [0, 0.05) is 18.1 Å². The highest BCUT2D eigenvalue weighted by molar-refractivity contribution is 5.87. The number of allylic oxidation sites excluding steroid dienone is 1. The molecule has 0 radical (unpaired) electrons. The normalized spacial score (nSPS) is 25.7. The summed E-state index contributed by atoms with van der Waals surface area (Å²) in [5.41, 5.74) is 1.45. The lowest BCUT2D eigenvalue weighted by Crippen LogP contribution is -2.38. The molecule has 142 valence electrons. The molecular weight excluding hydrogens is 336 g/mol. The first-order valence-corrected chi connectivity index (χ1v) is 10.1. The minimum Gasteiger partial charge on any atom is -0.395 e. The highest BCUT2D eigenvalue weighted by Crippen LogP contribution is 2.53. The molecule has 0 saturated heterocycles. The Balaban J connectivity index is 1.37. The zero-order valence-corrected chi connectivity index (χ0v) is 15.7. The smallest absolute Gasteiger partial charge is 0.229 e. The SMILES string of the molecule is O=C(NCC1CCCCC1)[C@]1(CO)C[C@H]1/C=C/c1ccc2ncccc2c1. The monoisotopic (exact) mass is 364 g/mol. The van der Waals surface area contributed by atoms with E-state index in [-0.39, 0.29) is 18.4 Å². The molecule has 1 aromatic carbocycles. The van der Waals surface area contributed by atoms with E-state index in [1.54, 1.807) is 6.20 Å². The Labute approximate surface area is 160 Å². The number of carbonyl (C=O) groups excluding carboxylic acids is 1. The molecule has 1 amide bonds. The summed E-state index contributed by atoms with van der Waals surface area (Å²) >= 11 is 0. The molecule has 2 N–H and O–H groups in total. The second kappa shape index (κ2) is 7.81. The molecule has 1 aromatic heterocycles. The second-order valence-corrected chi connectivity index (χ2v) is 8.15. The Morgan fingerprint density at radius 2 is 2.11 bits per heavy atom. The van der Waals surface area contributed by atoms with Crippen LogP contribution in [0.15, 0.2) is 42.6 Å². The van der Waals surface area contributed by atoms with Crippen LogP contribution < -0.4 is 5.32 Å². The van der Waals surface area contributed by atoms with Gasteiger partial charge in [-0.2, -0.15) is 0 Å². The summed E-state index contributed by atoms with van der Waals surface area (Å²) in [6, 6.07) is 10.1. The van der Waals surface area contributed by atoms with Crippen molar-refractivity contribution in [2.24, 2.45) is 17.3 Å². The van der Waals surface area contributed by atoms with Gasteiger partial charge in [-0.25, -0.2) is 0 Å². The number of pyridine rings is 1. The van der Waals surface area contributed by atoms with Gasteiger partial charge in [-0.15, -0.1) is 0 Å². The van der Waals surface area contributed by atoms with Gasteiger partial charge < -0.3 is 10.4 Å². The number of rotatable bonds is 6. The Morgan fingerprint density at radius 3 is 2.93 bits per heavy atom. The number of nitrogens with one attached hydrogen (secondary N) is 1. The summed E-state index contributed by atoms with van der Waals surface area (Å²) in [6.07, 6.45) is 13.0. The van der Waals surface area contributed by atoms with Crippen molar-refractivity contribution in [3.8, 4) is 0 Å². The van der Waals surface area contributed by atoms with E-state index in [4.69, 9.17) is 0 Å². The van der Waals surface area contributed by atoms with Crippen LogP contribution in [0.5, 0.6) is 0 Å². The van der Waals surface area contributed by atoms with Crippen molar-refractivity contribution < 1.29 is 9.90 Å². The van der Waals surface area contributed by atoms with Crippen molar-refractivity contribution in [2.45, 2.75) is 38.5 Å². The van der Waals surface area contributed by atoms with E-state index in [2.05, 4.69) is 28.5 Å². The van der Waals surface area contributed by atoms with E-state index in [1.165, 1.54) is 32.1 Å². The lowest BCUT2D eigenvalue weighted by molar-refractivity contribution is -0.128. The number of nitrogens with zero attached hydrogens (tertiary/aromatic N) is 1. The summed E-state index contributed by atoms with van der Waals surface area (Å²) in [5, 5.41) is 14.1. The summed E-state index contributed by atoms with van der Waals surface area (Å²) < 4.78 is 0. The molecule has 2 saturated carbocycles. The van der Waals surface area contributed by atoms with Crippen molar-refractivity contribution in [2.75, 3.05) is 13.2 Å². The quantitative estimate of drug-likeness (QED) is 0.816. The summed E-state index contributed by atoms with van der Waals surface area (Å²) in [5.74, 6) is 0.740. The average molecular weight is 364 g/mol. The Hall–Kier alpha value is -2.20. The molecule has 1 heterocycles. The van der Waals surface area contributed by atoms with Crippen molar-refractivity contribution >= 4 is 22.9 Å². The van der Waals surface area contributed by atoms with Crippen LogP contribution in [0.3, 0.4) is 0 Å². The molecule has 2 aromatic rings. The molecule has 0 spiro atoms. The van der Waals surface area contributed by atoms with Crippen molar-refractivity contribution in [3.63, 3.8) is 0 Å². The fraction of sp³-hybridized carbons (Fsp3) is 0.478. The summed E-state index contributed by atoms with van der Waals surface area (Å²) in [4.78, 5) is 17.0. The number of hydrogen-bond donors (Lipinski definition) is 2. The van der Waals surface area contributed by atoms with Gasteiger partial charge in [0.2, 0.25) is 5.91 Å². The molecule has 4 nitrogen and oxygen atoms in total. The molecule has 4 heteroatoms. The highest BCUT2D eigenvalue weighted by Gasteiger charge is 2.58. The topological polar surface area (TPSA) is 62.2 Å². The Morgan fingerprint density at radius 1 is 1.26 bits per heavy atom. The third-order valence-corrected chi connectivity index (χ3v) is 6.29. The first kappa shape index (κ1) is 18.2. The lowest BCUT2D eigenvalue weighted by atomic mass is 9.89. The maximum absolute atomic E-state index is 12.7. The minimum atomic E-state index is -0.621. The number of hydrogen-bond acceptors (Lipinski definition) is 3. The van der Waals surface area contributed by atoms with Crippen LogP contribution >= 0.6 is 0 Å². The van der Waals surface area contributed by atoms with Gasteiger partial charge in [-0.05, 0) is 54.9 Å². The Kier molecular flexibility index (Phi) is 5.26. The number of aromatic nitrogens is 1. The predicted octanol–water partition coefficient (Wildman–Crippen LogP) is 3.94. The average Bonchev–Trinajstić information content (AvgIpc) is 3.46. The number of amides is 1. The van der Waals surface area contributed by atoms with Crippen LogP contribution in [0, 0.1) is 17.3 Å². The van der Waals surface area contributed by atoms with Crippen molar-refractivity contribution in [1.29, 1.82) is 0 Å². The van der Waals surface area contributed by atoms with Crippen LogP contribution in [0.25, 0.3) is 17.0 Å². The van der Waals surface area contributed by atoms with Gasteiger partial charge in [0.15, 0.2) is 0 Å². The molecular formula is C23H28N2O2. The molecule has 0 aliphatic heterocycles. The first-order valence-electron chi connectivity index (χ1n) is 10.1. The van der Waals surface area contributed by atoms with Gasteiger partial charge in [-0.3, -0.25) is 9.78 Å². The van der Waals surface area contributed by atoms with Crippen LogP contribution in [0.1, 0.15) is 44.1 Å². The van der Waals surface area contributed by atoms with Gasteiger partial charge in [0.05, 0.1) is 17.5 Å². The molecule has 0 unspecified atom stereocenters. The highest BCUT2D eigenvalue weighted by atomic mass is 16.3. The summed E-state index contributed by atoms with van der Waals surface area (Å²) in [6.45, 7) is 0.675. The number of aliphatic hydroxyl groups is 1. The van der Waals surface area contributed by atoms with E-state index in [0.29, 0.717) is 5.92 Å². The fourth-order valence-corrected chi connectivity index (χ4v) is 4.33. The van der Waals surface area contributed by atoms with E-state index < -0.39 is 5.41 Å². The lowest BCUT2D eigenvalue weighted by Gasteiger charge is -2.23. The van der Waals surface area contributed by atoms with Gasteiger partial charge >= 0.3 is 0 Å². The van der Waals surface area contributed by atoms with Gasteiger partial charge in [0.1, 0.15) is 0 Å². The fourth-order valence-electron chi connectivity index (χ4n) is 4.33. The second-order valence-electron chi connectivity index (χ2n) is 8.15. The molecule has 2 aliphatic rings. The minimum absolute atomic E-state index is 0.0212. The van der Waals surface area contributed by atoms with E-state index in [1.807, 2.05) is 24.3 Å². The maximum atomic E-state index is 12.7. The maximum Gasteiger partial charge on any atom is 0.229 e. The Bertz CT molecular complexity index is 841. The van der Waals surface area contributed by atoms with Crippen LogP contribution in [-0.2, 0) is 4.79 Å². The number of fused-ring (bicyclic) bond motifs is 1. The molecule has 2 aliphatic carbocycles. The van der Waals surface area contributed by atoms with Crippen molar-refractivity contribution in [1.82, 2.24) is 10.3 Å². The van der Waals surface area contributed by atoms with E-state index in [0.717, 1.165) is 29.4 Å². The third kappa shape index (κ3) is 3.91. The molecule has 2 atom stereocenters. The number of aliphatic hydroxyl groups excluding tert-OH is 1.